The van der Waals surface area contributed by atoms with Gasteiger partial charge in [-0.25, -0.2) is 0 Å². The normalized spacial score (nSPS) is 10.1. The lowest BCUT2D eigenvalue weighted by Gasteiger charge is -2.04. The van der Waals surface area contributed by atoms with E-state index in [0.717, 1.165) is 12.8 Å². The van der Waals surface area contributed by atoms with Gasteiger partial charge in [-0.2, -0.15) is 0 Å². The Morgan fingerprint density at radius 2 is 1.53 bits per heavy atom. The van der Waals surface area contributed by atoms with Gasteiger partial charge in [0, 0.05) is 6.54 Å². The predicted molar refractivity (Wildman–Crippen MR) is 69.6 cm³/mol. The van der Waals surface area contributed by atoms with Gasteiger partial charge in [0.25, 0.3) is 0 Å². The molecule has 1 N–H and O–H groups in total. The van der Waals surface area contributed by atoms with Gasteiger partial charge in [-0.1, -0.05) is 54.6 Å². The van der Waals surface area contributed by atoms with Gasteiger partial charge in [0.15, 0.2) is 0 Å². The number of carbonyl (C=O) groups excluding carboxylic acids is 1. The lowest BCUT2D eigenvalue weighted by atomic mass is 10.0. The van der Waals surface area contributed by atoms with Crippen LogP contribution in [0.3, 0.4) is 0 Å². The molecule has 2 rings (SSSR count). The fourth-order valence-corrected chi connectivity index (χ4v) is 1.72. The minimum Gasteiger partial charge on any atom is -0.306 e. The minimum atomic E-state index is 0.403. The van der Waals surface area contributed by atoms with Crippen molar-refractivity contribution in [2.24, 2.45) is 0 Å². The average molecular weight is 225 g/mol. The zero-order valence-corrected chi connectivity index (χ0v) is 9.60. The average Bonchev–Trinajstić information content (AvgIpc) is 2.41. The van der Waals surface area contributed by atoms with Crippen LogP contribution in [0.1, 0.15) is 5.56 Å². The van der Waals surface area contributed by atoms with Crippen molar-refractivity contribution in [2.45, 2.75) is 6.54 Å². The number of nitrogens with one attached hydrogen (secondary N) is 1. The van der Waals surface area contributed by atoms with Crippen molar-refractivity contribution in [3.05, 3.63) is 60.2 Å². The van der Waals surface area contributed by atoms with Crippen molar-refractivity contribution in [1.82, 2.24) is 5.32 Å². The summed E-state index contributed by atoms with van der Waals surface area (Å²) in [5.74, 6) is 0. The molecule has 0 radical (unpaired) electrons. The van der Waals surface area contributed by atoms with E-state index in [1.54, 1.807) is 0 Å². The van der Waals surface area contributed by atoms with Crippen LogP contribution in [0, 0.1) is 0 Å². The number of carbonyl (C=O) groups is 1. The first-order chi connectivity index (χ1) is 8.40. The molecule has 2 heteroatoms. The molecule has 0 fully saturated rings. The fraction of sp³-hybridized carbons (Fsp3) is 0.133. The lowest BCUT2D eigenvalue weighted by molar-refractivity contribution is -0.107. The molecule has 0 atom stereocenters. The van der Waals surface area contributed by atoms with Gasteiger partial charge in [0.05, 0.1) is 6.54 Å². The minimum absolute atomic E-state index is 0.403. The largest absolute Gasteiger partial charge is 0.306 e. The van der Waals surface area contributed by atoms with Gasteiger partial charge >= 0.3 is 0 Å². The lowest BCUT2D eigenvalue weighted by Crippen LogP contribution is -2.15. The summed E-state index contributed by atoms with van der Waals surface area (Å²) in [7, 11) is 0. The van der Waals surface area contributed by atoms with Crippen LogP contribution in [-0.4, -0.2) is 12.8 Å². The molecule has 0 unspecified atom stereocenters. The molecule has 0 aliphatic rings. The highest BCUT2D eigenvalue weighted by molar-refractivity contribution is 5.63. The Bertz CT molecular complexity index is 462. The monoisotopic (exact) mass is 225 g/mol. The van der Waals surface area contributed by atoms with Crippen LogP contribution < -0.4 is 5.32 Å². The zero-order chi connectivity index (χ0) is 11.9. The quantitative estimate of drug-likeness (QED) is 0.626. The van der Waals surface area contributed by atoms with E-state index in [-0.39, 0.29) is 0 Å². The summed E-state index contributed by atoms with van der Waals surface area (Å²) >= 11 is 0. The molecule has 0 aromatic heterocycles. The van der Waals surface area contributed by atoms with Gasteiger partial charge in [-0.3, -0.25) is 0 Å². The Morgan fingerprint density at radius 3 is 2.18 bits per heavy atom. The Hall–Kier alpha value is -1.93. The Kier molecular flexibility index (Phi) is 4.05. The molecule has 2 nitrogen and oxygen atoms in total. The Balaban J connectivity index is 2.05. The van der Waals surface area contributed by atoms with Crippen molar-refractivity contribution < 1.29 is 4.79 Å². The third kappa shape index (κ3) is 3.26. The molecule has 0 saturated heterocycles. The fourth-order valence-electron chi connectivity index (χ4n) is 1.72. The summed E-state index contributed by atoms with van der Waals surface area (Å²) in [6, 6.07) is 18.7. The molecule has 0 heterocycles. The van der Waals surface area contributed by atoms with Gasteiger partial charge in [0.1, 0.15) is 6.29 Å². The van der Waals surface area contributed by atoms with E-state index < -0.39 is 0 Å². The van der Waals surface area contributed by atoms with Crippen molar-refractivity contribution in [2.75, 3.05) is 6.54 Å². The highest BCUT2D eigenvalue weighted by Crippen LogP contribution is 2.18. The molecule has 2 aromatic carbocycles. The molecule has 2 aromatic rings. The van der Waals surface area contributed by atoms with E-state index in [4.69, 9.17) is 0 Å². The Morgan fingerprint density at radius 1 is 0.882 bits per heavy atom. The topological polar surface area (TPSA) is 29.1 Å². The van der Waals surface area contributed by atoms with Gasteiger partial charge in [0.2, 0.25) is 0 Å². The predicted octanol–water partition coefficient (Wildman–Crippen LogP) is 2.64. The summed E-state index contributed by atoms with van der Waals surface area (Å²) in [6.07, 6.45) is 0.873. The van der Waals surface area contributed by atoms with Crippen molar-refractivity contribution >= 4 is 6.29 Å². The van der Waals surface area contributed by atoms with Gasteiger partial charge in [-0.05, 0) is 16.7 Å². The van der Waals surface area contributed by atoms with E-state index >= 15 is 0 Å². The summed E-state index contributed by atoms with van der Waals surface area (Å²) in [5, 5.41) is 3.04. The van der Waals surface area contributed by atoms with Crippen LogP contribution in [0.4, 0.5) is 0 Å². The third-order valence-corrected chi connectivity index (χ3v) is 2.62. The molecule has 86 valence electrons. The molecule has 17 heavy (non-hydrogen) atoms. The molecule has 0 aliphatic carbocycles. The van der Waals surface area contributed by atoms with Crippen LogP contribution in [0.5, 0.6) is 0 Å². The second kappa shape index (κ2) is 5.97. The summed E-state index contributed by atoms with van der Waals surface area (Å²) < 4.78 is 0. The molecule has 0 aliphatic heterocycles. The van der Waals surface area contributed by atoms with E-state index in [0.29, 0.717) is 6.54 Å². The maximum Gasteiger partial charge on any atom is 0.133 e. The van der Waals surface area contributed by atoms with E-state index in [9.17, 15) is 4.79 Å². The maximum atomic E-state index is 10.2. The van der Waals surface area contributed by atoms with Crippen LogP contribution >= 0.6 is 0 Å². The SMILES string of the molecule is O=CCNCc1ccc(-c2ccccc2)cc1. The number of hydrogen-bond donors (Lipinski definition) is 1. The van der Waals surface area contributed by atoms with Crippen LogP contribution in [-0.2, 0) is 11.3 Å². The standard InChI is InChI=1S/C15H15NO/c17-11-10-16-12-13-6-8-15(9-7-13)14-4-2-1-3-5-14/h1-9,11,16H,10,12H2. The zero-order valence-electron chi connectivity index (χ0n) is 9.60. The van der Waals surface area contributed by atoms with E-state index in [2.05, 4.69) is 41.7 Å². The molecule has 0 saturated carbocycles. The van der Waals surface area contributed by atoms with Gasteiger partial charge in [-0.15, -0.1) is 0 Å². The molecule has 0 amide bonds. The second-order valence-corrected chi connectivity index (χ2v) is 3.86. The Labute approximate surface area is 101 Å². The molecule has 0 bridgehead atoms. The summed E-state index contributed by atoms with van der Waals surface area (Å²) in [4.78, 5) is 10.2. The number of aldehydes is 1. The first-order valence-corrected chi connectivity index (χ1v) is 5.69. The third-order valence-electron chi connectivity index (χ3n) is 2.62. The highest BCUT2D eigenvalue weighted by Gasteiger charge is 1.96. The summed E-state index contributed by atoms with van der Waals surface area (Å²) in [6.45, 7) is 1.13. The number of benzene rings is 2. The van der Waals surface area contributed by atoms with Crippen molar-refractivity contribution in [1.29, 1.82) is 0 Å². The van der Waals surface area contributed by atoms with E-state index in [1.807, 2.05) is 18.2 Å². The second-order valence-electron chi connectivity index (χ2n) is 3.86. The van der Waals surface area contributed by atoms with Crippen molar-refractivity contribution in [3.63, 3.8) is 0 Å². The van der Waals surface area contributed by atoms with Gasteiger partial charge < -0.3 is 10.1 Å². The van der Waals surface area contributed by atoms with Crippen LogP contribution in [0.15, 0.2) is 54.6 Å². The number of rotatable bonds is 5. The van der Waals surface area contributed by atoms with Crippen molar-refractivity contribution in [3.8, 4) is 11.1 Å². The molecular weight excluding hydrogens is 210 g/mol. The van der Waals surface area contributed by atoms with Crippen LogP contribution in [0.25, 0.3) is 11.1 Å². The van der Waals surface area contributed by atoms with E-state index in [1.165, 1.54) is 16.7 Å². The number of hydrogen-bond acceptors (Lipinski definition) is 2. The molecular formula is C15H15NO. The smallest absolute Gasteiger partial charge is 0.133 e. The summed E-state index contributed by atoms with van der Waals surface area (Å²) in [5.41, 5.74) is 3.62. The first kappa shape index (κ1) is 11.6. The van der Waals surface area contributed by atoms with Crippen LogP contribution in [0.2, 0.25) is 0 Å². The first-order valence-electron chi connectivity index (χ1n) is 5.69. The maximum absolute atomic E-state index is 10.2. The molecule has 0 spiro atoms. The highest BCUT2D eigenvalue weighted by atomic mass is 16.1.